The molecular formula is C36H73IO13. The molecule has 14 heteroatoms. The minimum Gasteiger partial charge on any atom is -0.379 e. The number of rotatable bonds is 47. The maximum absolute atomic E-state index is 5.63. The summed E-state index contributed by atoms with van der Waals surface area (Å²) in [6.45, 7) is 17.0. The lowest BCUT2D eigenvalue weighted by Gasteiger charge is -2.09. The molecule has 302 valence electrons. The molecule has 0 aliphatic heterocycles. The molecule has 0 aliphatic rings. The summed E-state index contributed by atoms with van der Waals surface area (Å²) in [6.07, 6.45) is 10.5. The van der Waals surface area contributed by atoms with Crippen LogP contribution >= 0.6 is 22.6 Å². The van der Waals surface area contributed by atoms with Gasteiger partial charge in [0.05, 0.1) is 165 Å². The predicted molar refractivity (Wildman–Crippen MR) is 202 cm³/mol. The first-order valence-electron chi connectivity index (χ1n) is 19.0. The maximum atomic E-state index is 5.63. The summed E-state index contributed by atoms with van der Waals surface area (Å²) in [5, 5.41) is 0. The predicted octanol–water partition coefficient (Wildman–Crippen LogP) is 4.78. The summed E-state index contributed by atoms with van der Waals surface area (Å²) in [5.41, 5.74) is 0. The van der Waals surface area contributed by atoms with Crippen molar-refractivity contribution in [2.45, 2.75) is 58.3 Å². The van der Waals surface area contributed by atoms with Crippen LogP contribution in [-0.2, 0) is 61.6 Å². The van der Waals surface area contributed by atoms with Gasteiger partial charge in [-0.25, -0.2) is 0 Å². The van der Waals surface area contributed by atoms with Gasteiger partial charge in [-0.05, 0) is 6.42 Å². The Morgan fingerprint density at radius 3 is 0.620 bits per heavy atom. The molecule has 0 bridgehead atoms. The van der Waals surface area contributed by atoms with Crippen molar-refractivity contribution in [1.82, 2.24) is 0 Å². The zero-order chi connectivity index (χ0) is 35.9. The number of alkyl halides is 1. The molecule has 0 spiro atoms. The van der Waals surface area contributed by atoms with Gasteiger partial charge < -0.3 is 61.6 Å². The SMILES string of the molecule is CCCCCCCCCCOCCOCCOCCOCCOCCOCCOCCOCCOCCOCCOCCOCCOCCI. The van der Waals surface area contributed by atoms with Gasteiger partial charge in [0.1, 0.15) is 0 Å². The summed E-state index contributed by atoms with van der Waals surface area (Å²) in [4.78, 5) is 0. The third kappa shape index (κ3) is 48.2. The zero-order valence-electron chi connectivity index (χ0n) is 31.4. The van der Waals surface area contributed by atoms with Crippen molar-refractivity contribution in [3.05, 3.63) is 0 Å². The lowest BCUT2D eigenvalue weighted by atomic mass is 10.1. The first kappa shape index (κ1) is 50.2. The lowest BCUT2D eigenvalue weighted by molar-refractivity contribution is -0.0289. The highest BCUT2D eigenvalue weighted by molar-refractivity contribution is 14.1. The van der Waals surface area contributed by atoms with Gasteiger partial charge >= 0.3 is 0 Å². The fourth-order valence-electron chi connectivity index (χ4n) is 4.13. The Labute approximate surface area is 317 Å². The lowest BCUT2D eigenvalue weighted by Crippen LogP contribution is -2.15. The first-order valence-corrected chi connectivity index (χ1v) is 20.5. The van der Waals surface area contributed by atoms with Gasteiger partial charge in [0.25, 0.3) is 0 Å². The Kier molecular flexibility index (Phi) is 49.4. The molecule has 0 aromatic heterocycles. The standard InChI is InChI=1S/C36H73IO13/c1-2-3-4-5-6-7-8-9-11-38-13-15-40-17-19-42-21-23-44-25-27-46-29-31-48-33-35-50-36-34-49-32-30-47-28-26-45-24-22-43-20-18-41-16-14-39-12-10-37/h2-36H2,1H3. The largest absolute Gasteiger partial charge is 0.379 e. The molecule has 13 nitrogen and oxygen atoms in total. The van der Waals surface area contributed by atoms with E-state index in [0.717, 1.165) is 24.1 Å². The molecule has 0 fully saturated rings. The third-order valence-electron chi connectivity index (χ3n) is 6.83. The minimum atomic E-state index is 0.517. The Morgan fingerprint density at radius 1 is 0.220 bits per heavy atom. The average Bonchev–Trinajstić information content (AvgIpc) is 3.13. The van der Waals surface area contributed by atoms with E-state index in [1.165, 1.54) is 44.9 Å². The van der Waals surface area contributed by atoms with Crippen molar-refractivity contribution in [3.8, 4) is 0 Å². The highest BCUT2D eigenvalue weighted by atomic mass is 127. The van der Waals surface area contributed by atoms with Crippen molar-refractivity contribution >= 4 is 22.6 Å². The van der Waals surface area contributed by atoms with E-state index in [1.54, 1.807) is 0 Å². The smallest absolute Gasteiger partial charge is 0.0701 e. The van der Waals surface area contributed by atoms with Crippen LogP contribution in [0, 0.1) is 0 Å². The summed E-state index contributed by atoms with van der Waals surface area (Å²) >= 11 is 2.28. The number of hydrogen-bond donors (Lipinski definition) is 0. The molecule has 0 N–H and O–H groups in total. The average molecular weight is 841 g/mol. The van der Waals surface area contributed by atoms with Crippen LogP contribution < -0.4 is 0 Å². The normalized spacial score (nSPS) is 11.6. The summed E-state index contributed by atoms with van der Waals surface area (Å²) in [6, 6.07) is 0. The third-order valence-corrected chi connectivity index (χ3v) is 7.27. The van der Waals surface area contributed by atoms with Crippen LogP contribution in [0.25, 0.3) is 0 Å². The van der Waals surface area contributed by atoms with Crippen LogP contribution in [0.2, 0.25) is 0 Å². The fraction of sp³-hybridized carbons (Fsp3) is 1.00. The maximum Gasteiger partial charge on any atom is 0.0701 e. The highest BCUT2D eigenvalue weighted by Gasteiger charge is 1.97. The summed E-state index contributed by atoms with van der Waals surface area (Å²) < 4.78 is 72.3. The second kappa shape index (κ2) is 49.2. The number of unbranched alkanes of at least 4 members (excludes halogenated alkanes) is 7. The molecule has 0 saturated carbocycles. The molecule has 0 amide bonds. The molecule has 50 heavy (non-hydrogen) atoms. The molecule has 0 aliphatic carbocycles. The minimum absolute atomic E-state index is 0.517. The van der Waals surface area contributed by atoms with Crippen molar-refractivity contribution in [2.24, 2.45) is 0 Å². The van der Waals surface area contributed by atoms with Crippen molar-refractivity contribution in [3.63, 3.8) is 0 Å². The summed E-state index contributed by atoms with van der Waals surface area (Å²) in [7, 11) is 0. The Bertz CT molecular complexity index is 536. The van der Waals surface area contributed by atoms with Crippen LogP contribution in [0.5, 0.6) is 0 Å². The Morgan fingerprint density at radius 2 is 0.400 bits per heavy atom. The topological polar surface area (TPSA) is 120 Å². The molecule has 0 radical (unpaired) electrons. The second-order valence-electron chi connectivity index (χ2n) is 11.1. The van der Waals surface area contributed by atoms with Crippen molar-refractivity contribution < 1.29 is 61.6 Å². The van der Waals surface area contributed by atoms with Gasteiger partial charge in [0.15, 0.2) is 0 Å². The van der Waals surface area contributed by atoms with E-state index >= 15 is 0 Å². The van der Waals surface area contributed by atoms with Crippen LogP contribution in [0.3, 0.4) is 0 Å². The summed E-state index contributed by atoms with van der Waals surface area (Å²) in [5.74, 6) is 0. The van der Waals surface area contributed by atoms with E-state index in [-0.39, 0.29) is 0 Å². The molecule has 0 aromatic rings. The second-order valence-corrected chi connectivity index (χ2v) is 12.2. The van der Waals surface area contributed by atoms with E-state index in [9.17, 15) is 0 Å². The Hall–Kier alpha value is 0.210. The molecule has 0 unspecified atom stereocenters. The fourth-order valence-corrected chi connectivity index (χ4v) is 4.44. The highest BCUT2D eigenvalue weighted by Crippen LogP contribution is 2.08. The van der Waals surface area contributed by atoms with Gasteiger partial charge in [0.2, 0.25) is 0 Å². The van der Waals surface area contributed by atoms with E-state index < -0.39 is 0 Å². The van der Waals surface area contributed by atoms with Crippen LogP contribution in [0.15, 0.2) is 0 Å². The number of hydrogen-bond acceptors (Lipinski definition) is 13. The first-order chi connectivity index (χ1) is 24.9. The molecule has 0 heterocycles. The van der Waals surface area contributed by atoms with Gasteiger partial charge in [-0.2, -0.15) is 0 Å². The van der Waals surface area contributed by atoms with E-state index in [1.807, 2.05) is 0 Å². The van der Waals surface area contributed by atoms with Crippen LogP contribution in [-0.4, -0.2) is 176 Å². The number of ether oxygens (including phenoxy) is 13. The van der Waals surface area contributed by atoms with E-state index in [4.69, 9.17) is 61.6 Å². The molecule has 0 rings (SSSR count). The zero-order valence-corrected chi connectivity index (χ0v) is 33.6. The molecule has 0 atom stereocenters. The van der Waals surface area contributed by atoms with E-state index in [2.05, 4.69) is 29.5 Å². The molecule has 0 aromatic carbocycles. The quantitative estimate of drug-likeness (QED) is 0.0476. The van der Waals surface area contributed by atoms with Crippen LogP contribution in [0.4, 0.5) is 0 Å². The van der Waals surface area contributed by atoms with Gasteiger partial charge in [-0.3, -0.25) is 0 Å². The van der Waals surface area contributed by atoms with Crippen LogP contribution in [0.1, 0.15) is 58.3 Å². The Balaban J connectivity index is 3.04. The van der Waals surface area contributed by atoms with Crippen molar-refractivity contribution in [1.29, 1.82) is 0 Å². The van der Waals surface area contributed by atoms with Gasteiger partial charge in [-0.15, -0.1) is 0 Å². The van der Waals surface area contributed by atoms with Crippen molar-refractivity contribution in [2.75, 3.05) is 176 Å². The molecular weight excluding hydrogens is 767 g/mol. The molecule has 0 saturated heterocycles. The van der Waals surface area contributed by atoms with Gasteiger partial charge in [-0.1, -0.05) is 74.5 Å². The van der Waals surface area contributed by atoms with E-state index in [0.29, 0.717) is 159 Å². The number of halogens is 1. The van der Waals surface area contributed by atoms with Gasteiger partial charge in [0, 0.05) is 11.0 Å². The monoisotopic (exact) mass is 840 g/mol.